The summed E-state index contributed by atoms with van der Waals surface area (Å²) in [6.45, 7) is 4.21. The molecule has 0 fully saturated rings. The van der Waals surface area contributed by atoms with Gasteiger partial charge in [0.2, 0.25) is 0 Å². The van der Waals surface area contributed by atoms with Gasteiger partial charge in [0, 0.05) is 0 Å². The topological polar surface area (TPSA) is 26.3 Å². The minimum absolute atomic E-state index is 0.453. The Labute approximate surface area is 78.5 Å². The highest BCUT2D eigenvalue weighted by Gasteiger charge is 2.05. The number of ether oxygens (including phenoxy) is 1. The van der Waals surface area contributed by atoms with Crippen molar-refractivity contribution in [1.29, 1.82) is 0 Å². The molecule has 0 amide bonds. The monoisotopic (exact) mass is 178 g/mol. The molecule has 0 spiro atoms. The molecular weight excluding hydrogens is 164 g/mol. The van der Waals surface area contributed by atoms with Crippen molar-refractivity contribution >= 4 is 6.29 Å². The van der Waals surface area contributed by atoms with E-state index in [1.165, 1.54) is 5.56 Å². The maximum atomic E-state index is 10.6. The lowest BCUT2D eigenvalue weighted by Crippen LogP contribution is -1.94. The summed E-state index contributed by atoms with van der Waals surface area (Å²) >= 11 is 0. The number of methoxy groups -OCH3 is 1. The zero-order valence-electron chi connectivity index (χ0n) is 8.20. The summed E-state index contributed by atoms with van der Waals surface area (Å²) in [6, 6.07) is 5.66. The van der Waals surface area contributed by atoms with Crippen molar-refractivity contribution in [3.63, 3.8) is 0 Å². The Balaban J connectivity index is 3.12. The fourth-order valence-electron chi connectivity index (χ4n) is 1.18. The van der Waals surface area contributed by atoms with Crippen LogP contribution in [0.5, 0.6) is 5.75 Å². The molecule has 0 atom stereocenters. The fourth-order valence-corrected chi connectivity index (χ4v) is 1.18. The first-order chi connectivity index (χ1) is 6.19. The van der Waals surface area contributed by atoms with E-state index in [9.17, 15) is 4.79 Å². The first-order valence-electron chi connectivity index (χ1n) is 4.32. The van der Waals surface area contributed by atoms with Crippen LogP contribution >= 0.6 is 0 Å². The Morgan fingerprint density at radius 3 is 2.54 bits per heavy atom. The van der Waals surface area contributed by atoms with Gasteiger partial charge in [-0.05, 0) is 23.6 Å². The summed E-state index contributed by atoms with van der Waals surface area (Å²) in [7, 11) is 1.58. The minimum atomic E-state index is 0.453. The molecule has 70 valence electrons. The summed E-state index contributed by atoms with van der Waals surface area (Å²) in [6.07, 6.45) is 0.808. The number of rotatable bonds is 3. The quantitative estimate of drug-likeness (QED) is 0.665. The lowest BCUT2D eigenvalue weighted by Gasteiger charge is -2.09. The molecule has 13 heavy (non-hydrogen) atoms. The Bertz CT molecular complexity index is 303. The van der Waals surface area contributed by atoms with Gasteiger partial charge in [-0.15, -0.1) is 0 Å². The van der Waals surface area contributed by atoms with Gasteiger partial charge in [-0.1, -0.05) is 19.9 Å². The van der Waals surface area contributed by atoms with E-state index in [4.69, 9.17) is 4.74 Å². The Morgan fingerprint density at radius 1 is 1.38 bits per heavy atom. The highest BCUT2D eigenvalue weighted by Crippen LogP contribution is 2.23. The number of carbonyl (C=O) groups excluding carboxylic acids is 1. The standard InChI is InChI=1S/C11H14O2/c1-8(2)9-4-5-10(7-12)11(6-9)13-3/h4-8H,1-3H3. The Morgan fingerprint density at radius 2 is 2.08 bits per heavy atom. The summed E-state index contributed by atoms with van der Waals surface area (Å²) in [5.41, 5.74) is 1.79. The zero-order chi connectivity index (χ0) is 9.84. The molecular formula is C11H14O2. The molecule has 0 aromatic heterocycles. The molecule has 1 aromatic carbocycles. The second kappa shape index (κ2) is 4.08. The average Bonchev–Trinajstić information content (AvgIpc) is 2.16. The highest BCUT2D eigenvalue weighted by molar-refractivity contribution is 5.79. The van der Waals surface area contributed by atoms with Crippen LogP contribution in [0.1, 0.15) is 35.7 Å². The molecule has 0 unspecified atom stereocenters. The molecule has 2 heteroatoms. The van der Waals surface area contributed by atoms with Crippen LogP contribution in [0.4, 0.5) is 0 Å². The molecule has 0 bridgehead atoms. The first kappa shape index (κ1) is 9.78. The van der Waals surface area contributed by atoms with Gasteiger partial charge < -0.3 is 4.74 Å². The van der Waals surface area contributed by atoms with Crippen molar-refractivity contribution in [2.45, 2.75) is 19.8 Å². The molecule has 0 aliphatic carbocycles. The largest absolute Gasteiger partial charge is 0.496 e. The summed E-state index contributed by atoms with van der Waals surface area (Å²) in [5, 5.41) is 0. The minimum Gasteiger partial charge on any atom is -0.496 e. The maximum Gasteiger partial charge on any atom is 0.153 e. The van der Waals surface area contributed by atoms with Crippen LogP contribution in [0.25, 0.3) is 0 Å². The van der Waals surface area contributed by atoms with Gasteiger partial charge in [-0.2, -0.15) is 0 Å². The van der Waals surface area contributed by atoms with Crippen LogP contribution in [-0.4, -0.2) is 13.4 Å². The van der Waals surface area contributed by atoms with Crippen molar-refractivity contribution in [3.05, 3.63) is 29.3 Å². The van der Waals surface area contributed by atoms with Gasteiger partial charge in [-0.3, -0.25) is 4.79 Å². The van der Waals surface area contributed by atoms with Crippen molar-refractivity contribution in [2.24, 2.45) is 0 Å². The van der Waals surface area contributed by atoms with Gasteiger partial charge in [-0.25, -0.2) is 0 Å². The lowest BCUT2D eigenvalue weighted by atomic mass is 10.0. The second-order valence-electron chi connectivity index (χ2n) is 3.27. The number of hydrogen-bond donors (Lipinski definition) is 0. The number of hydrogen-bond acceptors (Lipinski definition) is 2. The molecule has 0 saturated heterocycles. The summed E-state index contributed by atoms with van der Waals surface area (Å²) < 4.78 is 5.10. The molecule has 0 radical (unpaired) electrons. The van der Waals surface area contributed by atoms with E-state index in [1.807, 2.05) is 12.1 Å². The molecule has 1 aromatic rings. The van der Waals surface area contributed by atoms with E-state index >= 15 is 0 Å². The van der Waals surface area contributed by atoms with E-state index in [0.29, 0.717) is 17.2 Å². The average molecular weight is 178 g/mol. The number of aldehydes is 1. The predicted octanol–water partition coefficient (Wildman–Crippen LogP) is 2.63. The molecule has 1 rings (SSSR count). The van der Waals surface area contributed by atoms with Gasteiger partial charge in [0.15, 0.2) is 6.29 Å². The third kappa shape index (κ3) is 2.08. The lowest BCUT2D eigenvalue weighted by molar-refractivity contribution is 0.112. The molecule has 0 heterocycles. The van der Waals surface area contributed by atoms with Gasteiger partial charge in [0.1, 0.15) is 5.75 Å². The van der Waals surface area contributed by atoms with Crippen LogP contribution in [0, 0.1) is 0 Å². The summed E-state index contributed by atoms with van der Waals surface area (Å²) in [4.78, 5) is 10.6. The number of carbonyl (C=O) groups is 1. The van der Waals surface area contributed by atoms with Gasteiger partial charge in [0.25, 0.3) is 0 Å². The van der Waals surface area contributed by atoms with E-state index in [1.54, 1.807) is 13.2 Å². The Hall–Kier alpha value is -1.31. The fraction of sp³-hybridized carbons (Fsp3) is 0.364. The highest BCUT2D eigenvalue weighted by atomic mass is 16.5. The molecule has 0 saturated carbocycles. The van der Waals surface area contributed by atoms with Gasteiger partial charge in [0.05, 0.1) is 12.7 Å². The zero-order valence-corrected chi connectivity index (χ0v) is 8.20. The van der Waals surface area contributed by atoms with Gasteiger partial charge >= 0.3 is 0 Å². The number of benzene rings is 1. The van der Waals surface area contributed by atoms with Crippen molar-refractivity contribution in [1.82, 2.24) is 0 Å². The molecule has 2 nitrogen and oxygen atoms in total. The van der Waals surface area contributed by atoms with Crippen LogP contribution in [0.15, 0.2) is 18.2 Å². The molecule has 0 aliphatic rings. The molecule has 0 N–H and O–H groups in total. The maximum absolute atomic E-state index is 10.6. The third-order valence-electron chi connectivity index (χ3n) is 2.05. The van der Waals surface area contributed by atoms with Crippen LogP contribution in [0.3, 0.4) is 0 Å². The van der Waals surface area contributed by atoms with E-state index in [2.05, 4.69) is 13.8 Å². The van der Waals surface area contributed by atoms with Crippen molar-refractivity contribution < 1.29 is 9.53 Å². The molecule has 0 aliphatic heterocycles. The third-order valence-corrected chi connectivity index (χ3v) is 2.05. The van der Waals surface area contributed by atoms with Crippen LogP contribution < -0.4 is 4.74 Å². The second-order valence-corrected chi connectivity index (χ2v) is 3.27. The first-order valence-corrected chi connectivity index (χ1v) is 4.32. The normalized spacial score (nSPS) is 10.2. The van der Waals surface area contributed by atoms with Crippen molar-refractivity contribution in [3.8, 4) is 5.75 Å². The predicted molar refractivity (Wildman–Crippen MR) is 52.5 cm³/mol. The smallest absolute Gasteiger partial charge is 0.153 e. The van der Waals surface area contributed by atoms with Crippen LogP contribution in [0.2, 0.25) is 0 Å². The van der Waals surface area contributed by atoms with Crippen LogP contribution in [-0.2, 0) is 0 Å². The Kier molecular flexibility index (Phi) is 3.07. The van der Waals surface area contributed by atoms with E-state index < -0.39 is 0 Å². The van der Waals surface area contributed by atoms with Crippen molar-refractivity contribution in [2.75, 3.05) is 7.11 Å². The SMILES string of the molecule is COc1cc(C(C)C)ccc1C=O. The van der Waals surface area contributed by atoms with E-state index in [0.717, 1.165) is 6.29 Å². The van der Waals surface area contributed by atoms with E-state index in [-0.39, 0.29) is 0 Å². The summed E-state index contributed by atoms with van der Waals surface area (Å²) in [5.74, 6) is 1.11.